The molecule has 0 saturated heterocycles. The molecular formula is C22H21N3O4. The Labute approximate surface area is 167 Å². The molecule has 0 saturated carbocycles. The van der Waals surface area contributed by atoms with Crippen LogP contribution in [0.25, 0.3) is 33.5 Å². The average Bonchev–Trinajstić information content (AvgIpc) is 3.30. The Kier molecular flexibility index (Phi) is 4.24. The Hall–Kier alpha value is -3.32. The second-order valence-corrected chi connectivity index (χ2v) is 7.04. The molecule has 0 unspecified atom stereocenters. The highest BCUT2D eigenvalue weighted by Gasteiger charge is 2.24. The van der Waals surface area contributed by atoms with Gasteiger partial charge < -0.3 is 23.3 Å². The molecule has 0 N–H and O–H groups in total. The van der Waals surface area contributed by atoms with Gasteiger partial charge in [-0.25, -0.2) is 4.98 Å². The molecule has 29 heavy (non-hydrogen) atoms. The van der Waals surface area contributed by atoms with Crippen molar-refractivity contribution < 1.29 is 19.0 Å². The number of ether oxygens (including phenoxy) is 3. The maximum absolute atomic E-state index is 11.3. The number of benzene rings is 2. The van der Waals surface area contributed by atoms with E-state index in [1.807, 2.05) is 18.2 Å². The van der Waals surface area contributed by atoms with Gasteiger partial charge in [0.15, 0.2) is 5.82 Å². The zero-order chi connectivity index (χ0) is 20.0. The van der Waals surface area contributed by atoms with Crippen molar-refractivity contribution in [2.24, 2.45) is 0 Å². The number of rotatable bonds is 6. The van der Waals surface area contributed by atoms with Crippen LogP contribution in [0.2, 0.25) is 0 Å². The molecule has 0 aliphatic carbocycles. The topological polar surface area (TPSA) is 67.5 Å². The molecule has 4 aromatic rings. The van der Waals surface area contributed by atoms with Crippen LogP contribution < -0.4 is 9.47 Å². The fourth-order valence-corrected chi connectivity index (χ4v) is 4.06. The lowest BCUT2D eigenvalue weighted by Gasteiger charge is -2.19. The van der Waals surface area contributed by atoms with Gasteiger partial charge in [0.25, 0.3) is 0 Å². The van der Waals surface area contributed by atoms with E-state index in [0.717, 1.165) is 45.5 Å². The first-order chi connectivity index (χ1) is 14.2. The molecule has 7 nitrogen and oxygen atoms in total. The highest BCUT2D eigenvalue weighted by molar-refractivity contribution is 5.93. The third-order valence-corrected chi connectivity index (χ3v) is 5.40. The number of aldehydes is 1. The van der Waals surface area contributed by atoms with Crippen LogP contribution in [-0.2, 0) is 17.8 Å². The summed E-state index contributed by atoms with van der Waals surface area (Å²) in [6.07, 6.45) is 0.828. The van der Waals surface area contributed by atoms with Crippen molar-refractivity contribution in [2.75, 3.05) is 27.4 Å². The third-order valence-electron chi connectivity index (χ3n) is 5.40. The summed E-state index contributed by atoms with van der Waals surface area (Å²) >= 11 is 0. The predicted molar refractivity (Wildman–Crippen MR) is 110 cm³/mol. The van der Waals surface area contributed by atoms with Crippen LogP contribution in [0.1, 0.15) is 10.4 Å². The molecule has 5 rings (SSSR count). The monoisotopic (exact) mass is 391 g/mol. The van der Waals surface area contributed by atoms with E-state index in [1.54, 1.807) is 20.3 Å². The minimum atomic E-state index is 0.542. The molecule has 0 radical (unpaired) electrons. The van der Waals surface area contributed by atoms with Crippen molar-refractivity contribution in [2.45, 2.75) is 13.1 Å². The molecule has 2 aromatic carbocycles. The average molecular weight is 391 g/mol. The van der Waals surface area contributed by atoms with Gasteiger partial charge in [0.1, 0.15) is 29.9 Å². The minimum Gasteiger partial charge on any atom is -0.497 e. The van der Waals surface area contributed by atoms with Gasteiger partial charge in [0.05, 0.1) is 37.0 Å². The summed E-state index contributed by atoms with van der Waals surface area (Å²) < 4.78 is 21.0. The summed E-state index contributed by atoms with van der Waals surface area (Å²) in [5.74, 6) is 2.37. The second-order valence-electron chi connectivity index (χ2n) is 7.04. The van der Waals surface area contributed by atoms with Crippen molar-refractivity contribution in [3.63, 3.8) is 0 Å². The van der Waals surface area contributed by atoms with Crippen molar-refractivity contribution in [3.05, 3.63) is 42.0 Å². The molecule has 0 bridgehead atoms. The molecule has 0 fully saturated rings. The van der Waals surface area contributed by atoms with Crippen LogP contribution in [0.15, 0.2) is 36.4 Å². The Bertz CT molecular complexity index is 1240. The van der Waals surface area contributed by atoms with E-state index < -0.39 is 0 Å². The summed E-state index contributed by atoms with van der Waals surface area (Å²) in [5, 5.41) is 1.11. The van der Waals surface area contributed by atoms with E-state index >= 15 is 0 Å². The van der Waals surface area contributed by atoms with Gasteiger partial charge in [-0.05, 0) is 30.3 Å². The Balaban J connectivity index is 1.78. The van der Waals surface area contributed by atoms with Gasteiger partial charge in [-0.2, -0.15) is 0 Å². The Morgan fingerprint density at radius 2 is 2.10 bits per heavy atom. The first kappa shape index (κ1) is 17.8. The maximum atomic E-state index is 11.3. The quantitative estimate of drug-likeness (QED) is 0.471. The largest absolute Gasteiger partial charge is 0.497 e. The number of carbonyl (C=O) groups excluding carboxylic acids is 1. The molecule has 1 aliphatic heterocycles. The molecule has 1 aliphatic rings. The fraction of sp³-hybridized carbons (Fsp3) is 0.273. The van der Waals surface area contributed by atoms with Gasteiger partial charge in [-0.15, -0.1) is 0 Å². The smallest absolute Gasteiger partial charge is 0.158 e. The predicted octanol–water partition coefficient (Wildman–Crippen LogP) is 3.52. The van der Waals surface area contributed by atoms with E-state index in [4.69, 9.17) is 19.2 Å². The number of carbonyl (C=O) groups is 1. The van der Waals surface area contributed by atoms with Crippen molar-refractivity contribution in [1.29, 1.82) is 0 Å². The van der Waals surface area contributed by atoms with E-state index in [0.29, 0.717) is 37.6 Å². The fourth-order valence-electron chi connectivity index (χ4n) is 4.06. The van der Waals surface area contributed by atoms with Crippen LogP contribution in [0.3, 0.4) is 0 Å². The molecule has 2 aromatic heterocycles. The highest BCUT2D eigenvalue weighted by Crippen LogP contribution is 2.37. The van der Waals surface area contributed by atoms with Crippen molar-refractivity contribution in [3.8, 4) is 23.0 Å². The number of hydrogen-bond donors (Lipinski definition) is 0. The molecule has 148 valence electrons. The van der Waals surface area contributed by atoms with E-state index in [1.165, 1.54) is 0 Å². The molecule has 0 amide bonds. The lowest BCUT2D eigenvalue weighted by Crippen LogP contribution is -2.16. The zero-order valence-corrected chi connectivity index (χ0v) is 16.3. The Morgan fingerprint density at radius 3 is 2.90 bits per heavy atom. The van der Waals surface area contributed by atoms with Crippen molar-refractivity contribution in [1.82, 2.24) is 14.1 Å². The highest BCUT2D eigenvalue weighted by atomic mass is 16.5. The van der Waals surface area contributed by atoms with Gasteiger partial charge >= 0.3 is 0 Å². The first-order valence-corrected chi connectivity index (χ1v) is 9.52. The Morgan fingerprint density at radius 1 is 1.21 bits per heavy atom. The van der Waals surface area contributed by atoms with Crippen LogP contribution in [-0.4, -0.2) is 47.8 Å². The second kappa shape index (κ2) is 6.93. The SMILES string of the molecule is COCCn1c(-c2nc3cc(C=O)cc4c3n2CCO4)cc2ccc(OC)cc21. The summed E-state index contributed by atoms with van der Waals surface area (Å²) in [6.45, 7) is 2.51. The normalized spacial score (nSPS) is 13.0. The lowest BCUT2D eigenvalue weighted by atomic mass is 10.2. The van der Waals surface area contributed by atoms with E-state index in [2.05, 4.69) is 21.3 Å². The van der Waals surface area contributed by atoms with Crippen LogP contribution in [0.5, 0.6) is 11.5 Å². The summed E-state index contributed by atoms with van der Waals surface area (Å²) in [7, 11) is 3.37. The van der Waals surface area contributed by atoms with E-state index in [-0.39, 0.29) is 0 Å². The molecule has 7 heteroatoms. The van der Waals surface area contributed by atoms with Crippen LogP contribution in [0.4, 0.5) is 0 Å². The molecule has 0 spiro atoms. The molecule has 0 atom stereocenters. The van der Waals surface area contributed by atoms with Crippen LogP contribution in [0, 0.1) is 0 Å². The summed E-state index contributed by atoms with van der Waals surface area (Å²) in [6, 6.07) is 11.8. The summed E-state index contributed by atoms with van der Waals surface area (Å²) in [4.78, 5) is 16.2. The van der Waals surface area contributed by atoms with Gasteiger partial charge in [0.2, 0.25) is 0 Å². The minimum absolute atomic E-state index is 0.542. The number of fused-ring (bicyclic) bond motifs is 1. The van der Waals surface area contributed by atoms with Crippen molar-refractivity contribution >= 4 is 28.2 Å². The standard InChI is InChI=1S/C22H21N3O4/c1-27-7-5-24-18-12-16(28-2)4-3-15(18)11-19(24)22-23-17-9-14(13-26)10-20-21(17)25(22)6-8-29-20/h3-4,9-13H,5-8H2,1-2H3. The third kappa shape index (κ3) is 2.77. The molecular weight excluding hydrogens is 370 g/mol. The number of imidazole rings is 1. The van der Waals surface area contributed by atoms with Crippen LogP contribution >= 0.6 is 0 Å². The van der Waals surface area contributed by atoms with Gasteiger partial charge in [-0.3, -0.25) is 4.79 Å². The maximum Gasteiger partial charge on any atom is 0.158 e. The lowest BCUT2D eigenvalue weighted by molar-refractivity contribution is 0.112. The zero-order valence-electron chi connectivity index (χ0n) is 16.3. The number of hydrogen-bond acceptors (Lipinski definition) is 5. The molecule has 3 heterocycles. The first-order valence-electron chi connectivity index (χ1n) is 9.52. The number of methoxy groups -OCH3 is 2. The van der Waals surface area contributed by atoms with Gasteiger partial charge in [-0.1, -0.05) is 0 Å². The summed E-state index contributed by atoms with van der Waals surface area (Å²) in [5.41, 5.74) is 4.33. The van der Waals surface area contributed by atoms with E-state index in [9.17, 15) is 4.79 Å². The van der Waals surface area contributed by atoms with Gasteiger partial charge in [0, 0.05) is 30.7 Å². The number of nitrogens with zero attached hydrogens (tertiary/aromatic N) is 3. The number of aromatic nitrogens is 3.